The molecule has 0 aliphatic carbocycles. The molecule has 0 radical (unpaired) electrons. The predicted octanol–water partition coefficient (Wildman–Crippen LogP) is 14.4. The highest BCUT2D eigenvalue weighted by Gasteiger charge is 2.18. The lowest BCUT2D eigenvalue weighted by Gasteiger charge is -2.26. The minimum absolute atomic E-state index is 1.10. The minimum Gasteiger partial charge on any atom is -0.310 e. The lowest BCUT2D eigenvalue weighted by Crippen LogP contribution is -2.10. The first-order valence-electron chi connectivity index (χ1n) is 18.5. The fourth-order valence-electron chi connectivity index (χ4n) is 7.97. The molecule has 0 unspecified atom stereocenters. The molecular weight excluding hydrogens is 653 g/mol. The summed E-state index contributed by atoms with van der Waals surface area (Å²) >= 11 is 0. The van der Waals surface area contributed by atoms with E-state index in [-0.39, 0.29) is 0 Å². The zero-order valence-corrected chi connectivity index (χ0v) is 29.7. The SMILES string of the molecule is c1ccc(-c2ccc(N(c3ccc(-c4ccc5c(-c6ccccc6)cccc5c4)cc3)c3ccc4c(c3)c3ccccc3n4-c3ccccc3)cc2)cc1. The highest BCUT2D eigenvalue weighted by molar-refractivity contribution is 6.10. The van der Waals surface area contributed by atoms with Gasteiger partial charge in [0.05, 0.1) is 11.0 Å². The lowest BCUT2D eigenvalue weighted by atomic mass is 9.95. The molecular formula is C52H36N2. The Morgan fingerprint density at radius 2 is 0.833 bits per heavy atom. The van der Waals surface area contributed by atoms with Crippen molar-refractivity contribution < 1.29 is 0 Å². The van der Waals surface area contributed by atoms with Crippen molar-refractivity contribution in [2.24, 2.45) is 0 Å². The van der Waals surface area contributed by atoms with E-state index in [2.05, 4.69) is 228 Å². The highest BCUT2D eigenvalue weighted by atomic mass is 15.1. The largest absolute Gasteiger partial charge is 0.310 e. The van der Waals surface area contributed by atoms with Crippen LogP contribution in [0, 0.1) is 0 Å². The van der Waals surface area contributed by atoms with E-state index in [1.54, 1.807) is 0 Å². The van der Waals surface area contributed by atoms with Gasteiger partial charge in [0.15, 0.2) is 0 Å². The van der Waals surface area contributed by atoms with Gasteiger partial charge >= 0.3 is 0 Å². The third-order valence-electron chi connectivity index (χ3n) is 10.6. The van der Waals surface area contributed by atoms with Crippen molar-refractivity contribution in [3.05, 3.63) is 218 Å². The van der Waals surface area contributed by atoms with Gasteiger partial charge < -0.3 is 9.47 Å². The van der Waals surface area contributed by atoms with E-state index in [0.717, 1.165) is 22.7 Å². The van der Waals surface area contributed by atoms with E-state index in [0.29, 0.717) is 0 Å². The van der Waals surface area contributed by atoms with Crippen LogP contribution >= 0.6 is 0 Å². The molecule has 254 valence electrons. The van der Waals surface area contributed by atoms with Crippen LogP contribution in [0.15, 0.2) is 218 Å². The third-order valence-corrected chi connectivity index (χ3v) is 10.6. The molecule has 0 spiro atoms. The Morgan fingerprint density at radius 1 is 0.296 bits per heavy atom. The second kappa shape index (κ2) is 13.4. The Kier molecular flexibility index (Phi) is 7.85. The molecule has 0 N–H and O–H groups in total. The van der Waals surface area contributed by atoms with Crippen LogP contribution in [0.2, 0.25) is 0 Å². The van der Waals surface area contributed by atoms with Crippen molar-refractivity contribution >= 4 is 49.6 Å². The third kappa shape index (κ3) is 5.62. The first kappa shape index (κ1) is 31.6. The lowest BCUT2D eigenvalue weighted by molar-refractivity contribution is 1.18. The molecule has 10 aromatic rings. The summed E-state index contributed by atoms with van der Waals surface area (Å²) in [5.41, 5.74) is 14.1. The number of anilines is 3. The maximum atomic E-state index is 2.37. The van der Waals surface area contributed by atoms with Gasteiger partial charge in [-0.2, -0.15) is 0 Å². The van der Waals surface area contributed by atoms with E-state index in [1.165, 1.54) is 66.0 Å². The molecule has 0 saturated carbocycles. The molecule has 9 aromatic carbocycles. The van der Waals surface area contributed by atoms with Crippen molar-refractivity contribution in [3.8, 4) is 39.1 Å². The molecule has 1 heterocycles. The summed E-state index contributed by atoms with van der Waals surface area (Å²) < 4.78 is 2.37. The van der Waals surface area contributed by atoms with Gasteiger partial charge in [-0.1, -0.05) is 152 Å². The van der Waals surface area contributed by atoms with Crippen molar-refractivity contribution in [1.82, 2.24) is 4.57 Å². The van der Waals surface area contributed by atoms with Crippen molar-refractivity contribution in [3.63, 3.8) is 0 Å². The van der Waals surface area contributed by atoms with Crippen molar-refractivity contribution in [2.75, 3.05) is 4.90 Å². The Hall–Kier alpha value is -7.16. The quantitative estimate of drug-likeness (QED) is 0.162. The van der Waals surface area contributed by atoms with E-state index < -0.39 is 0 Å². The van der Waals surface area contributed by atoms with Crippen molar-refractivity contribution in [2.45, 2.75) is 0 Å². The second-order valence-corrected chi connectivity index (χ2v) is 13.8. The van der Waals surface area contributed by atoms with Gasteiger partial charge in [0.2, 0.25) is 0 Å². The van der Waals surface area contributed by atoms with E-state index >= 15 is 0 Å². The zero-order valence-electron chi connectivity index (χ0n) is 29.7. The number of nitrogens with zero attached hydrogens (tertiary/aromatic N) is 2. The molecule has 10 rings (SSSR count). The molecule has 0 aliphatic rings. The minimum atomic E-state index is 1.10. The molecule has 2 heteroatoms. The van der Waals surface area contributed by atoms with Gasteiger partial charge in [-0.05, 0) is 111 Å². The van der Waals surface area contributed by atoms with Gasteiger partial charge in [-0.3, -0.25) is 0 Å². The van der Waals surface area contributed by atoms with Crippen LogP contribution in [-0.2, 0) is 0 Å². The summed E-state index contributed by atoms with van der Waals surface area (Å²) in [4.78, 5) is 2.37. The normalized spacial score (nSPS) is 11.3. The molecule has 54 heavy (non-hydrogen) atoms. The topological polar surface area (TPSA) is 8.17 Å². The standard InChI is InChI=1S/C52H36N2/c1-4-13-37(14-5-1)38-23-28-44(29-24-38)53(46-32-34-52-50(36-46)49-20-10-11-22-51(49)54(52)43-18-8-3-9-19-43)45-30-25-39(26-31-45)41-27-33-48-42(35-41)17-12-21-47(48)40-15-6-2-7-16-40/h1-36H. The molecule has 0 amide bonds. The van der Waals surface area contributed by atoms with Crippen molar-refractivity contribution in [1.29, 1.82) is 0 Å². The van der Waals surface area contributed by atoms with E-state index in [4.69, 9.17) is 0 Å². The Bertz CT molecular complexity index is 2890. The molecule has 0 fully saturated rings. The maximum absolute atomic E-state index is 2.37. The highest BCUT2D eigenvalue weighted by Crippen LogP contribution is 2.41. The summed E-state index contributed by atoms with van der Waals surface area (Å²) in [7, 11) is 0. The van der Waals surface area contributed by atoms with Gasteiger partial charge in [-0.15, -0.1) is 0 Å². The average molecular weight is 689 g/mol. The van der Waals surface area contributed by atoms with E-state index in [1.807, 2.05) is 0 Å². The number of benzene rings is 9. The first-order chi connectivity index (χ1) is 26.8. The van der Waals surface area contributed by atoms with Crippen LogP contribution in [-0.4, -0.2) is 4.57 Å². The van der Waals surface area contributed by atoms with Gasteiger partial charge in [-0.25, -0.2) is 0 Å². The van der Waals surface area contributed by atoms with Crippen LogP contribution < -0.4 is 4.90 Å². The first-order valence-corrected chi connectivity index (χ1v) is 18.5. The number of para-hydroxylation sites is 2. The predicted molar refractivity (Wildman–Crippen MR) is 229 cm³/mol. The number of fused-ring (bicyclic) bond motifs is 4. The van der Waals surface area contributed by atoms with Crippen LogP contribution in [0.3, 0.4) is 0 Å². The van der Waals surface area contributed by atoms with Crippen LogP contribution in [0.4, 0.5) is 17.1 Å². The Labute approximate surface area is 315 Å². The van der Waals surface area contributed by atoms with Crippen LogP contribution in [0.25, 0.3) is 71.6 Å². The summed E-state index contributed by atoms with van der Waals surface area (Å²) in [5.74, 6) is 0. The number of hydrogen-bond donors (Lipinski definition) is 0. The molecule has 0 aliphatic heterocycles. The fraction of sp³-hybridized carbons (Fsp3) is 0. The molecule has 0 bridgehead atoms. The van der Waals surface area contributed by atoms with Gasteiger partial charge in [0, 0.05) is 33.5 Å². The molecule has 2 nitrogen and oxygen atoms in total. The van der Waals surface area contributed by atoms with Crippen LogP contribution in [0.1, 0.15) is 0 Å². The molecule has 0 atom stereocenters. The Balaban J connectivity index is 1.08. The monoisotopic (exact) mass is 688 g/mol. The zero-order chi connectivity index (χ0) is 35.8. The molecule has 0 saturated heterocycles. The number of aromatic nitrogens is 1. The summed E-state index contributed by atoms with van der Waals surface area (Å²) in [6.45, 7) is 0. The summed E-state index contributed by atoms with van der Waals surface area (Å²) in [6.07, 6.45) is 0. The second-order valence-electron chi connectivity index (χ2n) is 13.8. The van der Waals surface area contributed by atoms with E-state index in [9.17, 15) is 0 Å². The van der Waals surface area contributed by atoms with Crippen LogP contribution in [0.5, 0.6) is 0 Å². The van der Waals surface area contributed by atoms with Gasteiger partial charge in [0.1, 0.15) is 0 Å². The number of hydrogen-bond acceptors (Lipinski definition) is 1. The number of rotatable bonds is 7. The fourth-order valence-corrected chi connectivity index (χ4v) is 7.97. The summed E-state index contributed by atoms with van der Waals surface area (Å²) in [5, 5.41) is 4.96. The molecule has 1 aromatic heterocycles. The Morgan fingerprint density at radius 3 is 1.54 bits per heavy atom. The van der Waals surface area contributed by atoms with Gasteiger partial charge in [0.25, 0.3) is 0 Å². The smallest absolute Gasteiger partial charge is 0.0542 e. The average Bonchev–Trinajstić information content (AvgIpc) is 3.58. The summed E-state index contributed by atoms with van der Waals surface area (Å²) in [6, 6.07) is 78.8. The maximum Gasteiger partial charge on any atom is 0.0542 e.